The predicted molar refractivity (Wildman–Crippen MR) is 148 cm³/mol. The Morgan fingerprint density at radius 2 is 1.92 bits per heavy atom. The Morgan fingerprint density at radius 1 is 1.06 bits per heavy atom. The molecule has 0 spiro atoms. The summed E-state index contributed by atoms with van der Waals surface area (Å²) in [5.74, 6) is 2.17. The van der Waals surface area contributed by atoms with Crippen LogP contribution in [0.3, 0.4) is 0 Å². The largest absolute Gasteiger partial charge is 0.395 e. The third-order valence-corrected chi connectivity index (χ3v) is 8.74. The number of nitrogens with zero attached hydrogens (tertiary/aromatic N) is 6. The standard InChI is InChI=1S/C26H29N7OS2/c1-17-13-24(31-26(28-17)33-9-7-32(8-10-33)11-12-34)30-23-15-21-22(16-27-23)36-25(29-21)18-3-2-4-20(14-18)35-19-5-6-19/h2-4,13-16,19,34H,5-12H2,1H3,(H,27,28,30,31). The predicted octanol–water partition coefficient (Wildman–Crippen LogP) is 4.57. The number of aliphatic hydroxyl groups excluding tert-OH is 1. The van der Waals surface area contributed by atoms with Crippen molar-refractivity contribution in [3.05, 3.63) is 48.3 Å². The van der Waals surface area contributed by atoms with Gasteiger partial charge in [-0.3, -0.25) is 4.90 Å². The number of benzene rings is 1. The summed E-state index contributed by atoms with van der Waals surface area (Å²) in [7, 11) is 0. The van der Waals surface area contributed by atoms with Crippen molar-refractivity contribution in [2.24, 2.45) is 0 Å². The summed E-state index contributed by atoms with van der Waals surface area (Å²) in [6, 6.07) is 12.6. The Kier molecular flexibility index (Phi) is 6.75. The van der Waals surface area contributed by atoms with E-state index in [1.54, 1.807) is 11.3 Å². The van der Waals surface area contributed by atoms with Gasteiger partial charge >= 0.3 is 0 Å². The Morgan fingerprint density at radius 3 is 2.72 bits per heavy atom. The summed E-state index contributed by atoms with van der Waals surface area (Å²) in [6.07, 6.45) is 4.54. The number of thiazole rings is 1. The molecule has 0 unspecified atom stereocenters. The van der Waals surface area contributed by atoms with Crippen molar-refractivity contribution in [3.63, 3.8) is 0 Å². The van der Waals surface area contributed by atoms with Gasteiger partial charge < -0.3 is 15.3 Å². The molecular formula is C26H29N7OS2. The molecule has 2 N–H and O–H groups in total. The molecule has 186 valence electrons. The first-order valence-corrected chi connectivity index (χ1v) is 14.1. The molecule has 4 heterocycles. The first-order chi connectivity index (χ1) is 17.6. The van der Waals surface area contributed by atoms with E-state index in [9.17, 15) is 5.11 Å². The van der Waals surface area contributed by atoms with Gasteiger partial charge in [-0.15, -0.1) is 23.1 Å². The number of β-amino-alcohol motifs (C(OH)–C–C–N with tert-alkyl or cyclic N) is 1. The zero-order valence-electron chi connectivity index (χ0n) is 20.2. The second kappa shape index (κ2) is 10.3. The maximum Gasteiger partial charge on any atom is 0.227 e. The lowest BCUT2D eigenvalue weighted by molar-refractivity contribution is 0.188. The fraction of sp³-hybridized carbons (Fsp3) is 0.385. The van der Waals surface area contributed by atoms with Crippen LogP contribution < -0.4 is 10.2 Å². The number of thioether (sulfide) groups is 1. The monoisotopic (exact) mass is 519 g/mol. The minimum absolute atomic E-state index is 0.193. The van der Waals surface area contributed by atoms with E-state index in [4.69, 9.17) is 9.97 Å². The van der Waals surface area contributed by atoms with E-state index < -0.39 is 0 Å². The van der Waals surface area contributed by atoms with Crippen molar-refractivity contribution in [2.45, 2.75) is 29.9 Å². The van der Waals surface area contributed by atoms with E-state index in [0.717, 1.165) is 69.7 Å². The van der Waals surface area contributed by atoms with E-state index in [2.05, 4.69) is 49.4 Å². The van der Waals surface area contributed by atoms with Crippen LogP contribution in [0.4, 0.5) is 17.6 Å². The number of piperazine rings is 1. The third kappa shape index (κ3) is 5.46. The lowest BCUT2D eigenvalue weighted by atomic mass is 10.2. The van der Waals surface area contributed by atoms with Crippen molar-refractivity contribution in [3.8, 4) is 10.6 Å². The first kappa shape index (κ1) is 23.6. The van der Waals surface area contributed by atoms with Crippen LogP contribution in [0.5, 0.6) is 0 Å². The van der Waals surface area contributed by atoms with Crippen LogP contribution in [0.2, 0.25) is 0 Å². The lowest BCUT2D eigenvalue weighted by Crippen LogP contribution is -2.47. The van der Waals surface area contributed by atoms with Crippen LogP contribution in [-0.4, -0.2) is 74.5 Å². The topological polar surface area (TPSA) is 90.3 Å². The van der Waals surface area contributed by atoms with Gasteiger partial charge in [0.2, 0.25) is 5.95 Å². The Balaban J connectivity index is 1.19. The smallest absolute Gasteiger partial charge is 0.227 e. The summed E-state index contributed by atoms with van der Waals surface area (Å²) in [5.41, 5.74) is 2.99. The van der Waals surface area contributed by atoms with Gasteiger partial charge in [-0.1, -0.05) is 12.1 Å². The van der Waals surface area contributed by atoms with E-state index in [0.29, 0.717) is 12.4 Å². The number of fused-ring (bicyclic) bond motifs is 1. The average molecular weight is 520 g/mol. The number of hydrogen-bond donors (Lipinski definition) is 2. The van der Waals surface area contributed by atoms with E-state index in [1.165, 1.54) is 17.7 Å². The van der Waals surface area contributed by atoms with Gasteiger partial charge in [0.1, 0.15) is 16.6 Å². The van der Waals surface area contributed by atoms with Gasteiger partial charge in [0.15, 0.2) is 0 Å². The number of nitrogens with one attached hydrogen (secondary N) is 1. The molecule has 8 nitrogen and oxygen atoms in total. The maximum absolute atomic E-state index is 9.18. The molecule has 6 rings (SSSR count). The second-order valence-electron chi connectivity index (χ2n) is 9.27. The van der Waals surface area contributed by atoms with Crippen LogP contribution in [-0.2, 0) is 0 Å². The number of aromatic nitrogens is 4. The Labute approximate surface area is 218 Å². The summed E-state index contributed by atoms with van der Waals surface area (Å²) in [5, 5.41) is 14.3. The number of rotatable bonds is 8. The molecule has 0 bridgehead atoms. The van der Waals surface area contributed by atoms with Crippen molar-refractivity contribution < 1.29 is 5.11 Å². The highest BCUT2D eigenvalue weighted by Crippen LogP contribution is 2.40. The highest BCUT2D eigenvalue weighted by Gasteiger charge is 2.23. The molecule has 2 aliphatic rings. The van der Waals surface area contributed by atoms with Gasteiger partial charge in [0.05, 0.1) is 16.8 Å². The Hall–Kier alpha value is -2.79. The molecule has 1 aliphatic carbocycles. The molecule has 1 aliphatic heterocycles. The molecule has 10 heteroatoms. The molecule has 36 heavy (non-hydrogen) atoms. The van der Waals surface area contributed by atoms with Crippen molar-refractivity contribution in [2.75, 3.05) is 49.5 Å². The first-order valence-electron chi connectivity index (χ1n) is 12.4. The van der Waals surface area contributed by atoms with Crippen molar-refractivity contribution >= 4 is 50.9 Å². The van der Waals surface area contributed by atoms with Crippen LogP contribution in [0.15, 0.2) is 47.5 Å². The summed E-state index contributed by atoms with van der Waals surface area (Å²) in [4.78, 5) is 24.8. The van der Waals surface area contributed by atoms with Crippen LogP contribution >= 0.6 is 23.1 Å². The summed E-state index contributed by atoms with van der Waals surface area (Å²) in [6.45, 7) is 6.37. The minimum Gasteiger partial charge on any atom is -0.395 e. The maximum atomic E-state index is 9.18. The molecule has 1 saturated heterocycles. The van der Waals surface area contributed by atoms with Crippen LogP contribution in [0.1, 0.15) is 18.5 Å². The molecule has 0 radical (unpaired) electrons. The number of pyridine rings is 1. The second-order valence-corrected chi connectivity index (χ2v) is 11.7. The van der Waals surface area contributed by atoms with E-state index in [1.807, 2.05) is 37.0 Å². The quantitative estimate of drug-likeness (QED) is 0.347. The molecule has 0 amide bonds. The average Bonchev–Trinajstić information content (AvgIpc) is 3.59. The van der Waals surface area contributed by atoms with Crippen LogP contribution in [0.25, 0.3) is 20.8 Å². The highest BCUT2D eigenvalue weighted by molar-refractivity contribution is 8.00. The Bertz CT molecular complexity index is 1370. The van der Waals surface area contributed by atoms with Gasteiger partial charge in [-0.25, -0.2) is 15.0 Å². The number of anilines is 3. The van der Waals surface area contributed by atoms with Gasteiger partial charge in [0, 0.05) is 72.5 Å². The normalized spacial score (nSPS) is 16.6. The fourth-order valence-electron chi connectivity index (χ4n) is 4.31. The van der Waals surface area contributed by atoms with Gasteiger partial charge in [-0.2, -0.15) is 4.98 Å². The zero-order chi connectivity index (χ0) is 24.5. The zero-order valence-corrected chi connectivity index (χ0v) is 21.9. The van der Waals surface area contributed by atoms with Crippen molar-refractivity contribution in [1.29, 1.82) is 0 Å². The van der Waals surface area contributed by atoms with Crippen molar-refractivity contribution in [1.82, 2.24) is 24.8 Å². The number of aryl methyl sites for hydroxylation is 1. The molecule has 1 saturated carbocycles. The summed E-state index contributed by atoms with van der Waals surface area (Å²) < 4.78 is 1.07. The molecular weight excluding hydrogens is 490 g/mol. The van der Waals surface area contributed by atoms with Gasteiger partial charge in [-0.05, 0) is 31.9 Å². The molecule has 0 atom stereocenters. The number of aliphatic hydroxyl groups is 1. The molecule has 1 aromatic carbocycles. The SMILES string of the molecule is Cc1cc(Nc2cc3nc(-c4cccc(SC5CC5)c4)sc3cn2)nc(N2CCN(CCO)CC2)n1. The van der Waals surface area contributed by atoms with Gasteiger partial charge in [0.25, 0.3) is 0 Å². The molecule has 3 aromatic heterocycles. The fourth-order valence-corrected chi connectivity index (χ4v) is 6.33. The lowest BCUT2D eigenvalue weighted by Gasteiger charge is -2.34. The third-order valence-electron chi connectivity index (χ3n) is 6.35. The van der Waals surface area contributed by atoms with E-state index in [-0.39, 0.29) is 6.61 Å². The molecule has 4 aromatic rings. The minimum atomic E-state index is 0.193. The highest BCUT2D eigenvalue weighted by atomic mass is 32.2. The summed E-state index contributed by atoms with van der Waals surface area (Å²) >= 11 is 3.64. The van der Waals surface area contributed by atoms with E-state index >= 15 is 0 Å². The van der Waals surface area contributed by atoms with Crippen LogP contribution in [0, 0.1) is 6.92 Å². The number of hydrogen-bond acceptors (Lipinski definition) is 10. The molecule has 2 fully saturated rings.